The molecule has 0 radical (unpaired) electrons. The van der Waals surface area contributed by atoms with Gasteiger partial charge in [0.05, 0.1) is 6.04 Å². The molecule has 0 bridgehead atoms. The van der Waals surface area contributed by atoms with Gasteiger partial charge in [-0.25, -0.2) is 13.6 Å². The lowest BCUT2D eigenvalue weighted by Crippen LogP contribution is -2.62. The molecule has 7 heteroatoms. The molecule has 120 valence electrons. The van der Waals surface area contributed by atoms with Gasteiger partial charge in [-0.3, -0.25) is 4.79 Å². The van der Waals surface area contributed by atoms with Crippen molar-refractivity contribution in [1.82, 2.24) is 15.5 Å². The van der Waals surface area contributed by atoms with Crippen LogP contribution in [0.1, 0.15) is 25.3 Å². The largest absolute Gasteiger partial charge is 0.350 e. The Labute approximate surface area is 127 Å². The second-order valence-electron chi connectivity index (χ2n) is 5.56. The summed E-state index contributed by atoms with van der Waals surface area (Å²) in [6.07, 6.45) is 0. The quantitative estimate of drug-likeness (QED) is 0.887. The highest BCUT2D eigenvalue weighted by atomic mass is 19.1. The first-order valence-corrected chi connectivity index (χ1v) is 7.11. The van der Waals surface area contributed by atoms with Crippen LogP contribution in [0.15, 0.2) is 18.2 Å². The first-order chi connectivity index (χ1) is 10.4. The number of halogens is 2. The van der Waals surface area contributed by atoms with Crippen molar-refractivity contribution in [3.8, 4) is 0 Å². The van der Waals surface area contributed by atoms with E-state index in [-0.39, 0.29) is 30.4 Å². The summed E-state index contributed by atoms with van der Waals surface area (Å²) in [6.45, 7) is 4.37. The molecule has 0 spiro atoms. The summed E-state index contributed by atoms with van der Waals surface area (Å²) >= 11 is 0. The predicted octanol–water partition coefficient (Wildman–Crippen LogP) is 1.60. The lowest BCUT2D eigenvalue weighted by Gasteiger charge is -2.39. The molecule has 0 aromatic heterocycles. The van der Waals surface area contributed by atoms with Crippen LogP contribution >= 0.6 is 0 Å². The number of carbonyl (C=O) groups is 2. The Morgan fingerprint density at radius 2 is 2.05 bits per heavy atom. The number of carbonyl (C=O) groups excluding carboxylic acids is 2. The standard InChI is InChI=1S/C15H19F2N3O2/c1-9(13-4-3-11(16)5-14(13)17)6-18-15(22)20-7-12(8-20)19-10(2)21/h3-5,9,12H,6-8H2,1-2H3,(H,18,22)(H,19,21). The molecule has 1 aromatic rings. The number of nitrogens with one attached hydrogen (secondary N) is 2. The molecule has 22 heavy (non-hydrogen) atoms. The van der Waals surface area contributed by atoms with Crippen molar-refractivity contribution in [2.24, 2.45) is 0 Å². The third kappa shape index (κ3) is 3.93. The first kappa shape index (κ1) is 16.2. The third-order valence-corrected chi connectivity index (χ3v) is 3.63. The van der Waals surface area contributed by atoms with Crippen molar-refractivity contribution >= 4 is 11.9 Å². The Bertz CT molecular complexity index is 574. The zero-order valence-corrected chi connectivity index (χ0v) is 12.5. The fourth-order valence-electron chi connectivity index (χ4n) is 2.39. The minimum atomic E-state index is -0.623. The molecule has 5 nitrogen and oxygen atoms in total. The molecule has 1 aliphatic heterocycles. The van der Waals surface area contributed by atoms with Gasteiger partial charge in [0.25, 0.3) is 0 Å². The van der Waals surface area contributed by atoms with Gasteiger partial charge in [0.15, 0.2) is 0 Å². The fourth-order valence-corrected chi connectivity index (χ4v) is 2.39. The van der Waals surface area contributed by atoms with Gasteiger partial charge in [0, 0.05) is 38.5 Å². The summed E-state index contributed by atoms with van der Waals surface area (Å²) in [5.74, 6) is -1.62. The molecule has 0 aliphatic carbocycles. The average Bonchev–Trinajstić information content (AvgIpc) is 2.39. The Balaban J connectivity index is 1.78. The highest BCUT2D eigenvalue weighted by molar-refractivity contribution is 5.77. The summed E-state index contributed by atoms with van der Waals surface area (Å²) in [7, 11) is 0. The van der Waals surface area contributed by atoms with Gasteiger partial charge in [-0.1, -0.05) is 13.0 Å². The number of hydrogen-bond donors (Lipinski definition) is 2. The highest BCUT2D eigenvalue weighted by Crippen LogP contribution is 2.19. The SMILES string of the molecule is CC(=O)NC1CN(C(=O)NCC(C)c2ccc(F)cc2F)C1. The minimum absolute atomic E-state index is 0.00443. The molecule has 3 amide bonds. The lowest BCUT2D eigenvalue weighted by atomic mass is 10.0. The number of nitrogens with zero attached hydrogens (tertiary/aromatic N) is 1. The van der Waals surface area contributed by atoms with E-state index >= 15 is 0 Å². The first-order valence-electron chi connectivity index (χ1n) is 7.11. The number of benzene rings is 1. The predicted molar refractivity (Wildman–Crippen MR) is 77.3 cm³/mol. The van der Waals surface area contributed by atoms with Crippen LogP contribution < -0.4 is 10.6 Å². The molecule has 0 saturated carbocycles. The summed E-state index contributed by atoms with van der Waals surface area (Å²) < 4.78 is 26.5. The van der Waals surface area contributed by atoms with Crippen LogP contribution in [0.4, 0.5) is 13.6 Å². The van der Waals surface area contributed by atoms with E-state index in [9.17, 15) is 18.4 Å². The van der Waals surface area contributed by atoms with Gasteiger partial charge >= 0.3 is 6.03 Å². The molecule has 1 unspecified atom stereocenters. The van der Waals surface area contributed by atoms with Crippen LogP contribution in [0.3, 0.4) is 0 Å². The summed E-state index contributed by atoms with van der Waals surface area (Å²) in [6, 6.07) is 3.16. The van der Waals surface area contributed by atoms with E-state index in [1.54, 1.807) is 11.8 Å². The van der Waals surface area contributed by atoms with E-state index < -0.39 is 11.6 Å². The average molecular weight is 311 g/mol. The van der Waals surface area contributed by atoms with Crippen LogP contribution in [0.25, 0.3) is 0 Å². The summed E-state index contributed by atoms with van der Waals surface area (Å²) in [5.41, 5.74) is 0.362. The monoisotopic (exact) mass is 311 g/mol. The van der Waals surface area contributed by atoms with Crippen molar-refractivity contribution in [2.45, 2.75) is 25.8 Å². The maximum Gasteiger partial charge on any atom is 0.317 e. The summed E-state index contributed by atoms with van der Waals surface area (Å²) in [4.78, 5) is 24.3. The molecular formula is C15H19F2N3O2. The van der Waals surface area contributed by atoms with Crippen molar-refractivity contribution in [1.29, 1.82) is 0 Å². The van der Waals surface area contributed by atoms with E-state index in [4.69, 9.17) is 0 Å². The van der Waals surface area contributed by atoms with Crippen molar-refractivity contribution in [3.63, 3.8) is 0 Å². The molecule has 1 saturated heterocycles. The van der Waals surface area contributed by atoms with E-state index in [0.29, 0.717) is 18.7 Å². The molecule has 1 aliphatic rings. The second kappa shape index (κ2) is 6.72. The Hall–Kier alpha value is -2.18. The highest BCUT2D eigenvalue weighted by Gasteiger charge is 2.31. The van der Waals surface area contributed by atoms with Crippen LogP contribution in [0.2, 0.25) is 0 Å². The number of rotatable bonds is 4. The molecule has 2 rings (SSSR count). The Kier molecular flexibility index (Phi) is 4.95. The van der Waals surface area contributed by atoms with Gasteiger partial charge in [0.1, 0.15) is 11.6 Å². The maximum atomic E-state index is 13.6. The van der Waals surface area contributed by atoms with E-state index in [0.717, 1.165) is 6.07 Å². The van der Waals surface area contributed by atoms with Crippen LogP contribution in [0, 0.1) is 11.6 Å². The zero-order chi connectivity index (χ0) is 16.3. The lowest BCUT2D eigenvalue weighted by molar-refractivity contribution is -0.120. The van der Waals surface area contributed by atoms with Gasteiger partial charge < -0.3 is 15.5 Å². The van der Waals surface area contributed by atoms with Gasteiger partial charge in [-0.2, -0.15) is 0 Å². The van der Waals surface area contributed by atoms with Crippen LogP contribution in [-0.4, -0.2) is 42.5 Å². The second-order valence-corrected chi connectivity index (χ2v) is 5.56. The van der Waals surface area contributed by atoms with Crippen molar-refractivity contribution in [3.05, 3.63) is 35.4 Å². The molecular weight excluding hydrogens is 292 g/mol. The maximum absolute atomic E-state index is 13.6. The molecule has 1 atom stereocenters. The fraction of sp³-hybridized carbons (Fsp3) is 0.467. The Morgan fingerprint density at radius 1 is 1.36 bits per heavy atom. The number of urea groups is 1. The molecule has 2 N–H and O–H groups in total. The number of likely N-dealkylation sites (tertiary alicyclic amines) is 1. The van der Waals surface area contributed by atoms with Gasteiger partial charge in [0.2, 0.25) is 5.91 Å². The zero-order valence-electron chi connectivity index (χ0n) is 12.5. The minimum Gasteiger partial charge on any atom is -0.350 e. The van der Waals surface area contributed by atoms with E-state index in [1.165, 1.54) is 19.1 Å². The molecule has 1 aromatic carbocycles. The van der Waals surface area contributed by atoms with Crippen LogP contribution in [-0.2, 0) is 4.79 Å². The van der Waals surface area contributed by atoms with Crippen molar-refractivity contribution < 1.29 is 18.4 Å². The smallest absolute Gasteiger partial charge is 0.317 e. The molecule has 1 fully saturated rings. The number of hydrogen-bond acceptors (Lipinski definition) is 2. The van der Waals surface area contributed by atoms with Gasteiger partial charge in [-0.05, 0) is 11.6 Å². The normalized spacial score (nSPS) is 15.9. The van der Waals surface area contributed by atoms with Crippen molar-refractivity contribution in [2.75, 3.05) is 19.6 Å². The van der Waals surface area contributed by atoms with Gasteiger partial charge in [-0.15, -0.1) is 0 Å². The van der Waals surface area contributed by atoms with Crippen LogP contribution in [0.5, 0.6) is 0 Å². The Morgan fingerprint density at radius 3 is 2.64 bits per heavy atom. The topological polar surface area (TPSA) is 61.4 Å². The van der Waals surface area contributed by atoms with E-state index in [1.807, 2.05) is 0 Å². The molecule has 1 heterocycles. The number of amides is 3. The summed E-state index contributed by atoms with van der Waals surface area (Å²) in [5, 5.41) is 5.43. The third-order valence-electron chi connectivity index (χ3n) is 3.63. The van der Waals surface area contributed by atoms with E-state index in [2.05, 4.69) is 10.6 Å².